The second kappa shape index (κ2) is 7.78. The number of piperazine rings is 1. The van der Waals surface area contributed by atoms with E-state index in [0.29, 0.717) is 18.4 Å². The lowest BCUT2D eigenvalue weighted by Crippen LogP contribution is -2.50. The lowest BCUT2D eigenvalue weighted by atomic mass is 10.3. The minimum atomic E-state index is 0.0999. The third-order valence-corrected chi connectivity index (χ3v) is 3.42. The molecule has 116 valence electrons. The third kappa shape index (κ3) is 4.56. The molecule has 1 saturated heterocycles. The highest BCUT2D eigenvalue weighted by molar-refractivity contribution is 5.78. The summed E-state index contributed by atoms with van der Waals surface area (Å²) in [4.78, 5) is 24.6. The average molecular weight is 293 g/mol. The molecule has 1 aliphatic rings. The number of nitrogens with zero attached hydrogens (tertiary/aromatic N) is 4. The molecule has 21 heavy (non-hydrogen) atoms. The summed E-state index contributed by atoms with van der Waals surface area (Å²) in [6.07, 6.45) is 2.67. The van der Waals surface area contributed by atoms with Crippen LogP contribution < -0.4 is 15.0 Å². The molecular weight excluding hydrogens is 270 g/mol. The van der Waals surface area contributed by atoms with Gasteiger partial charge in [0.25, 0.3) is 0 Å². The molecule has 2 heterocycles. The van der Waals surface area contributed by atoms with Gasteiger partial charge in [0.1, 0.15) is 0 Å². The molecule has 7 nitrogen and oxygen atoms in total. The standard InChI is InChI=1S/C14H23N5O2/c1-3-5-15-12(20)11-18-7-9-19(10-8-18)14-16-6-4-13(17-14)21-2/h4,6H,3,5,7-11H2,1-2H3,(H,15,20). The number of aromatic nitrogens is 2. The highest BCUT2D eigenvalue weighted by Crippen LogP contribution is 2.14. The van der Waals surface area contributed by atoms with Crippen molar-refractivity contribution in [3.8, 4) is 5.88 Å². The summed E-state index contributed by atoms with van der Waals surface area (Å²) in [7, 11) is 1.60. The van der Waals surface area contributed by atoms with Crippen LogP contribution >= 0.6 is 0 Å². The van der Waals surface area contributed by atoms with Crippen LogP contribution in [-0.4, -0.2) is 67.2 Å². The van der Waals surface area contributed by atoms with Crippen molar-refractivity contribution in [1.29, 1.82) is 0 Å². The van der Waals surface area contributed by atoms with Crippen molar-refractivity contribution in [2.75, 3.05) is 51.3 Å². The van der Waals surface area contributed by atoms with Gasteiger partial charge in [-0.2, -0.15) is 4.98 Å². The van der Waals surface area contributed by atoms with Crippen LogP contribution in [-0.2, 0) is 4.79 Å². The van der Waals surface area contributed by atoms with Gasteiger partial charge in [-0.15, -0.1) is 0 Å². The van der Waals surface area contributed by atoms with Gasteiger partial charge in [-0.05, 0) is 6.42 Å². The molecule has 0 aliphatic carbocycles. The summed E-state index contributed by atoms with van der Waals surface area (Å²) in [6.45, 7) is 6.55. The highest BCUT2D eigenvalue weighted by Gasteiger charge is 2.20. The fourth-order valence-electron chi connectivity index (χ4n) is 2.23. The van der Waals surface area contributed by atoms with E-state index in [9.17, 15) is 4.79 Å². The van der Waals surface area contributed by atoms with Gasteiger partial charge >= 0.3 is 0 Å². The van der Waals surface area contributed by atoms with E-state index in [1.165, 1.54) is 0 Å². The number of anilines is 1. The maximum absolute atomic E-state index is 11.7. The van der Waals surface area contributed by atoms with Crippen LogP contribution in [0.1, 0.15) is 13.3 Å². The van der Waals surface area contributed by atoms with Crippen LogP contribution in [0, 0.1) is 0 Å². The molecule has 1 fully saturated rings. The van der Waals surface area contributed by atoms with E-state index >= 15 is 0 Å². The minimum Gasteiger partial charge on any atom is -0.481 e. The van der Waals surface area contributed by atoms with Crippen molar-refractivity contribution in [3.05, 3.63) is 12.3 Å². The predicted octanol–water partition coefficient (Wildman–Crippen LogP) is 0.133. The van der Waals surface area contributed by atoms with E-state index in [0.717, 1.165) is 39.1 Å². The number of hydrogen-bond donors (Lipinski definition) is 1. The minimum absolute atomic E-state index is 0.0999. The van der Waals surface area contributed by atoms with E-state index in [4.69, 9.17) is 4.74 Å². The first-order valence-electron chi connectivity index (χ1n) is 7.34. The van der Waals surface area contributed by atoms with E-state index in [1.807, 2.05) is 6.92 Å². The van der Waals surface area contributed by atoms with E-state index in [1.54, 1.807) is 19.4 Å². The molecule has 0 aromatic carbocycles. The van der Waals surface area contributed by atoms with E-state index < -0.39 is 0 Å². The van der Waals surface area contributed by atoms with Gasteiger partial charge in [-0.1, -0.05) is 6.92 Å². The lowest BCUT2D eigenvalue weighted by molar-refractivity contribution is -0.122. The first kappa shape index (κ1) is 15.5. The number of rotatable bonds is 6. The Bertz CT molecular complexity index is 460. The molecule has 0 spiro atoms. The van der Waals surface area contributed by atoms with Gasteiger partial charge in [-0.3, -0.25) is 9.69 Å². The summed E-state index contributed by atoms with van der Waals surface area (Å²) < 4.78 is 5.12. The first-order valence-corrected chi connectivity index (χ1v) is 7.34. The molecule has 1 aromatic heterocycles. The first-order chi connectivity index (χ1) is 10.2. The summed E-state index contributed by atoms with van der Waals surface area (Å²) in [5.41, 5.74) is 0. The normalized spacial score (nSPS) is 15.8. The Morgan fingerprint density at radius 3 is 2.81 bits per heavy atom. The van der Waals surface area contributed by atoms with Crippen molar-refractivity contribution in [2.45, 2.75) is 13.3 Å². The van der Waals surface area contributed by atoms with Crippen LogP contribution in [0.4, 0.5) is 5.95 Å². The fraction of sp³-hybridized carbons (Fsp3) is 0.643. The number of amides is 1. The molecule has 1 amide bonds. The Hall–Kier alpha value is -1.89. The molecule has 2 rings (SSSR count). The molecule has 0 radical (unpaired) electrons. The summed E-state index contributed by atoms with van der Waals surface area (Å²) in [5.74, 6) is 1.36. The predicted molar refractivity (Wildman–Crippen MR) is 80.5 cm³/mol. The molecule has 1 aromatic rings. The van der Waals surface area contributed by atoms with Gasteiger partial charge in [0.15, 0.2) is 0 Å². The van der Waals surface area contributed by atoms with E-state index in [-0.39, 0.29) is 5.91 Å². The number of carbonyl (C=O) groups excluding carboxylic acids is 1. The van der Waals surface area contributed by atoms with Crippen molar-refractivity contribution >= 4 is 11.9 Å². The average Bonchev–Trinajstić information content (AvgIpc) is 2.53. The van der Waals surface area contributed by atoms with Crippen molar-refractivity contribution in [2.24, 2.45) is 0 Å². The number of methoxy groups -OCH3 is 1. The van der Waals surface area contributed by atoms with Gasteiger partial charge in [0, 0.05) is 45.0 Å². The molecule has 0 bridgehead atoms. The molecule has 1 N–H and O–H groups in total. The number of nitrogens with one attached hydrogen (secondary N) is 1. The van der Waals surface area contributed by atoms with Crippen LogP contribution in [0.2, 0.25) is 0 Å². The van der Waals surface area contributed by atoms with Crippen molar-refractivity contribution in [3.63, 3.8) is 0 Å². The largest absolute Gasteiger partial charge is 0.481 e. The van der Waals surface area contributed by atoms with E-state index in [2.05, 4.69) is 25.1 Å². The Morgan fingerprint density at radius 2 is 2.14 bits per heavy atom. The van der Waals surface area contributed by atoms with Crippen LogP contribution in [0.5, 0.6) is 5.88 Å². The molecular formula is C14H23N5O2. The maximum Gasteiger partial charge on any atom is 0.234 e. The zero-order valence-electron chi connectivity index (χ0n) is 12.7. The zero-order valence-corrected chi connectivity index (χ0v) is 12.7. The SMILES string of the molecule is CCCNC(=O)CN1CCN(c2nccc(OC)n2)CC1. The molecule has 1 aliphatic heterocycles. The topological polar surface area (TPSA) is 70.6 Å². The zero-order chi connectivity index (χ0) is 15.1. The van der Waals surface area contributed by atoms with Gasteiger partial charge in [-0.25, -0.2) is 4.98 Å². The molecule has 0 saturated carbocycles. The monoisotopic (exact) mass is 293 g/mol. The Labute approximate surface area is 125 Å². The van der Waals surface area contributed by atoms with Crippen LogP contribution in [0.25, 0.3) is 0 Å². The summed E-state index contributed by atoms with van der Waals surface area (Å²) in [6, 6.07) is 1.73. The van der Waals surface area contributed by atoms with Crippen molar-refractivity contribution in [1.82, 2.24) is 20.2 Å². The summed E-state index contributed by atoms with van der Waals surface area (Å²) in [5, 5.41) is 2.90. The molecule has 0 atom stereocenters. The number of hydrogen-bond acceptors (Lipinski definition) is 6. The Morgan fingerprint density at radius 1 is 1.38 bits per heavy atom. The smallest absolute Gasteiger partial charge is 0.234 e. The molecule has 0 unspecified atom stereocenters. The fourth-order valence-corrected chi connectivity index (χ4v) is 2.23. The van der Waals surface area contributed by atoms with Crippen molar-refractivity contribution < 1.29 is 9.53 Å². The molecule has 7 heteroatoms. The summed E-state index contributed by atoms with van der Waals surface area (Å²) >= 11 is 0. The second-order valence-electron chi connectivity index (χ2n) is 5.01. The van der Waals surface area contributed by atoms with Gasteiger partial charge < -0.3 is 15.0 Å². The van der Waals surface area contributed by atoms with Gasteiger partial charge in [0.05, 0.1) is 13.7 Å². The lowest BCUT2D eigenvalue weighted by Gasteiger charge is -2.34. The van der Waals surface area contributed by atoms with Crippen LogP contribution in [0.15, 0.2) is 12.3 Å². The second-order valence-corrected chi connectivity index (χ2v) is 5.01. The van der Waals surface area contributed by atoms with Crippen LogP contribution in [0.3, 0.4) is 0 Å². The third-order valence-electron chi connectivity index (χ3n) is 3.42. The maximum atomic E-state index is 11.7. The number of carbonyl (C=O) groups is 1. The Kier molecular flexibility index (Phi) is 5.74. The number of ether oxygens (including phenoxy) is 1. The highest BCUT2D eigenvalue weighted by atomic mass is 16.5. The van der Waals surface area contributed by atoms with Gasteiger partial charge in [0.2, 0.25) is 17.7 Å². The Balaban J connectivity index is 1.81. The quantitative estimate of drug-likeness (QED) is 0.804.